The van der Waals surface area contributed by atoms with Crippen molar-refractivity contribution in [3.63, 3.8) is 0 Å². The summed E-state index contributed by atoms with van der Waals surface area (Å²) in [4.78, 5) is 19.1. The predicted molar refractivity (Wildman–Crippen MR) is 77.9 cm³/mol. The zero-order valence-electron chi connectivity index (χ0n) is 11.0. The second-order valence-corrected chi connectivity index (χ2v) is 4.44. The summed E-state index contributed by atoms with van der Waals surface area (Å²) in [6.45, 7) is 1.75. The second kappa shape index (κ2) is 7.21. The Kier molecular flexibility index (Phi) is 5.06. The number of hydrogen-bond donors (Lipinski definition) is 2. The summed E-state index contributed by atoms with van der Waals surface area (Å²) in [5, 5.41) is 8.38. The Balaban J connectivity index is 2.02. The third kappa shape index (κ3) is 4.43. The number of carbonyl (C=O) groups is 1. The molecule has 0 atom stereocenters. The van der Waals surface area contributed by atoms with Crippen LogP contribution in [0.4, 0.5) is 20.7 Å². The van der Waals surface area contributed by atoms with Crippen molar-refractivity contribution in [3.8, 4) is 17.9 Å². The molecule has 0 unspecified atom stereocenters. The number of anilines is 2. The summed E-state index contributed by atoms with van der Waals surface area (Å²) >= 11 is 1.43. The van der Waals surface area contributed by atoms with Crippen LogP contribution in [0.2, 0.25) is 0 Å². The minimum Gasteiger partial charge on any atom is -0.450 e. The van der Waals surface area contributed by atoms with Gasteiger partial charge in [-0.3, -0.25) is 5.32 Å². The van der Waals surface area contributed by atoms with Crippen LogP contribution in [0.25, 0.3) is 0 Å². The van der Waals surface area contributed by atoms with E-state index in [1.165, 1.54) is 11.3 Å². The highest BCUT2D eigenvalue weighted by Crippen LogP contribution is 2.15. The Bertz CT molecular complexity index is 679. The molecule has 0 aliphatic carbocycles. The average Bonchev–Trinajstić information content (AvgIpc) is 2.95. The lowest BCUT2D eigenvalue weighted by Gasteiger charge is -2.07. The van der Waals surface area contributed by atoms with Gasteiger partial charge in [-0.2, -0.15) is 16.3 Å². The standard InChI is InChI=1S/C13H11FN4O2S/c1-2-3-5-20-13-15-7-10(14)11(18-13)17-12(19)16-9-4-6-21-8-9/h4,6-8H,5H2,1H3,(H2,15,16,17,18,19). The lowest BCUT2D eigenvalue weighted by Crippen LogP contribution is -2.21. The molecule has 2 N–H and O–H groups in total. The molecule has 0 aliphatic rings. The summed E-state index contributed by atoms with van der Waals surface area (Å²) in [7, 11) is 0. The SMILES string of the molecule is CC#CCOc1ncc(F)c(NC(=O)Nc2ccsc2)n1. The van der Waals surface area contributed by atoms with E-state index in [-0.39, 0.29) is 18.4 Å². The maximum atomic E-state index is 13.5. The van der Waals surface area contributed by atoms with Gasteiger partial charge in [-0.1, -0.05) is 5.92 Å². The highest BCUT2D eigenvalue weighted by molar-refractivity contribution is 7.08. The van der Waals surface area contributed by atoms with Crippen molar-refractivity contribution in [2.75, 3.05) is 17.2 Å². The monoisotopic (exact) mass is 306 g/mol. The Morgan fingerprint density at radius 2 is 2.38 bits per heavy atom. The first-order valence-corrected chi connectivity index (χ1v) is 6.78. The van der Waals surface area contributed by atoms with Gasteiger partial charge in [0.05, 0.1) is 11.9 Å². The van der Waals surface area contributed by atoms with Crippen molar-refractivity contribution in [2.24, 2.45) is 0 Å². The van der Waals surface area contributed by atoms with Crippen LogP contribution in [0, 0.1) is 17.7 Å². The van der Waals surface area contributed by atoms with Gasteiger partial charge in [0.2, 0.25) is 0 Å². The Hall–Kier alpha value is -2.66. The summed E-state index contributed by atoms with van der Waals surface area (Å²) in [6.07, 6.45) is 0.919. The molecule has 6 nitrogen and oxygen atoms in total. The molecule has 0 saturated carbocycles. The third-order valence-electron chi connectivity index (χ3n) is 2.18. The van der Waals surface area contributed by atoms with Gasteiger partial charge in [-0.05, 0) is 18.4 Å². The zero-order valence-corrected chi connectivity index (χ0v) is 11.8. The largest absolute Gasteiger partial charge is 0.450 e. The maximum absolute atomic E-state index is 13.5. The van der Waals surface area contributed by atoms with Gasteiger partial charge < -0.3 is 10.1 Å². The van der Waals surface area contributed by atoms with Gasteiger partial charge in [0.15, 0.2) is 18.2 Å². The Morgan fingerprint density at radius 1 is 1.52 bits per heavy atom. The summed E-state index contributed by atoms with van der Waals surface area (Å²) in [5.41, 5.74) is 0.613. The molecule has 0 fully saturated rings. The quantitative estimate of drug-likeness (QED) is 0.852. The number of nitrogens with zero attached hydrogens (tertiary/aromatic N) is 2. The number of ether oxygens (including phenoxy) is 1. The Morgan fingerprint density at radius 3 is 3.10 bits per heavy atom. The number of hydrogen-bond acceptors (Lipinski definition) is 5. The maximum Gasteiger partial charge on any atom is 0.324 e. The van der Waals surface area contributed by atoms with Crippen LogP contribution in [0.15, 0.2) is 23.0 Å². The van der Waals surface area contributed by atoms with E-state index in [2.05, 4.69) is 32.4 Å². The van der Waals surface area contributed by atoms with E-state index in [1.54, 1.807) is 18.4 Å². The van der Waals surface area contributed by atoms with Crippen molar-refractivity contribution >= 4 is 28.9 Å². The summed E-state index contributed by atoms with van der Waals surface area (Å²) in [5.74, 6) is 4.27. The molecule has 2 amide bonds. The first-order valence-electron chi connectivity index (χ1n) is 5.84. The van der Waals surface area contributed by atoms with E-state index in [4.69, 9.17) is 4.74 Å². The number of amides is 2. The van der Waals surface area contributed by atoms with Crippen molar-refractivity contribution in [2.45, 2.75) is 6.92 Å². The number of aromatic nitrogens is 2. The molecule has 0 aromatic carbocycles. The normalized spacial score (nSPS) is 9.43. The zero-order chi connectivity index (χ0) is 15.1. The van der Waals surface area contributed by atoms with E-state index in [0.717, 1.165) is 6.20 Å². The van der Waals surface area contributed by atoms with Gasteiger partial charge in [0.25, 0.3) is 0 Å². The van der Waals surface area contributed by atoms with E-state index in [0.29, 0.717) is 5.69 Å². The molecule has 2 aromatic rings. The van der Waals surface area contributed by atoms with Crippen molar-refractivity contribution in [1.29, 1.82) is 0 Å². The average molecular weight is 306 g/mol. The fourth-order valence-electron chi connectivity index (χ4n) is 1.29. The van der Waals surface area contributed by atoms with Crippen LogP contribution < -0.4 is 15.4 Å². The van der Waals surface area contributed by atoms with Crippen molar-refractivity contribution < 1.29 is 13.9 Å². The van der Waals surface area contributed by atoms with Crippen LogP contribution in [0.5, 0.6) is 6.01 Å². The molecule has 8 heteroatoms. The molecule has 0 radical (unpaired) electrons. The molecule has 21 heavy (non-hydrogen) atoms. The number of halogens is 1. The number of carbonyl (C=O) groups excluding carboxylic acids is 1. The predicted octanol–water partition coefficient (Wildman–Crippen LogP) is 2.72. The minimum atomic E-state index is -0.760. The molecular formula is C13H11FN4O2S. The highest BCUT2D eigenvalue weighted by atomic mass is 32.1. The molecule has 108 valence electrons. The van der Waals surface area contributed by atoms with Crippen LogP contribution >= 0.6 is 11.3 Å². The first kappa shape index (κ1) is 14.7. The van der Waals surface area contributed by atoms with E-state index in [1.807, 2.05) is 5.38 Å². The number of nitrogens with one attached hydrogen (secondary N) is 2. The minimum absolute atomic E-state index is 0.0648. The van der Waals surface area contributed by atoms with Gasteiger partial charge in [0.1, 0.15) is 0 Å². The number of urea groups is 1. The van der Waals surface area contributed by atoms with E-state index in [9.17, 15) is 9.18 Å². The van der Waals surface area contributed by atoms with E-state index >= 15 is 0 Å². The third-order valence-corrected chi connectivity index (χ3v) is 2.87. The summed E-state index contributed by atoms with van der Waals surface area (Å²) in [6, 6.07) is 1.05. The molecule has 2 heterocycles. The smallest absolute Gasteiger partial charge is 0.324 e. The van der Waals surface area contributed by atoms with Gasteiger partial charge in [0, 0.05) is 5.38 Å². The van der Waals surface area contributed by atoms with Crippen LogP contribution in [-0.4, -0.2) is 22.6 Å². The fraction of sp³-hybridized carbons (Fsp3) is 0.154. The first-order chi connectivity index (χ1) is 10.2. The second-order valence-electron chi connectivity index (χ2n) is 3.66. The van der Waals surface area contributed by atoms with Gasteiger partial charge in [-0.15, -0.1) is 5.92 Å². The molecular weight excluding hydrogens is 295 g/mol. The molecule has 0 bridgehead atoms. The number of rotatable bonds is 4. The Labute approximate surface area is 124 Å². The van der Waals surface area contributed by atoms with Crippen LogP contribution in [0.1, 0.15) is 6.92 Å². The highest BCUT2D eigenvalue weighted by Gasteiger charge is 2.11. The lowest BCUT2D eigenvalue weighted by atomic mass is 10.5. The van der Waals surface area contributed by atoms with Crippen molar-refractivity contribution in [3.05, 3.63) is 28.8 Å². The van der Waals surface area contributed by atoms with Gasteiger partial charge >= 0.3 is 12.0 Å². The lowest BCUT2D eigenvalue weighted by molar-refractivity contribution is 0.262. The molecule has 2 rings (SSSR count). The topological polar surface area (TPSA) is 76.1 Å². The van der Waals surface area contributed by atoms with Gasteiger partial charge in [-0.25, -0.2) is 14.2 Å². The summed E-state index contributed by atoms with van der Waals surface area (Å²) < 4.78 is 18.6. The molecule has 2 aromatic heterocycles. The fourth-order valence-corrected chi connectivity index (χ4v) is 1.87. The van der Waals surface area contributed by atoms with Crippen LogP contribution in [-0.2, 0) is 0 Å². The molecule has 0 aliphatic heterocycles. The van der Waals surface area contributed by atoms with Crippen molar-refractivity contribution in [1.82, 2.24) is 9.97 Å². The van der Waals surface area contributed by atoms with Crippen LogP contribution in [0.3, 0.4) is 0 Å². The van der Waals surface area contributed by atoms with E-state index < -0.39 is 11.8 Å². The number of thiophene rings is 1. The molecule has 0 spiro atoms. The molecule has 0 saturated heterocycles.